The highest BCUT2D eigenvalue weighted by atomic mass is 16.5. The first kappa shape index (κ1) is 13.9. The van der Waals surface area contributed by atoms with Crippen molar-refractivity contribution in [2.24, 2.45) is 0 Å². The van der Waals surface area contributed by atoms with Gasteiger partial charge in [0.25, 0.3) is 0 Å². The van der Waals surface area contributed by atoms with Crippen LogP contribution in [0.3, 0.4) is 0 Å². The third-order valence-electron chi connectivity index (χ3n) is 3.69. The first-order valence-corrected chi connectivity index (χ1v) is 7.21. The van der Waals surface area contributed by atoms with Gasteiger partial charge in [-0.1, -0.05) is 12.1 Å². The van der Waals surface area contributed by atoms with Crippen LogP contribution in [0.2, 0.25) is 0 Å². The second-order valence-electron chi connectivity index (χ2n) is 5.01. The average Bonchev–Trinajstić information content (AvgIpc) is 2.95. The summed E-state index contributed by atoms with van der Waals surface area (Å²) in [4.78, 5) is 4.67. The van der Waals surface area contributed by atoms with Crippen molar-refractivity contribution in [3.8, 4) is 0 Å². The summed E-state index contributed by atoms with van der Waals surface area (Å²) in [6, 6.07) is 8.45. The van der Waals surface area contributed by atoms with Gasteiger partial charge in [-0.3, -0.25) is 0 Å². The van der Waals surface area contributed by atoms with Crippen molar-refractivity contribution in [2.75, 3.05) is 36.5 Å². The van der Waals surface area contributed by atoms with Gasteiger partial charge in [-0.25, -0.2) is 0 Å². The molecule has 1 aromatic heterocycles. The van der Waals surface area contributed by atoms with Crippen LogP contribution in [-0.4, -0.2) is 36.9 Å². The molecule has 0 bridgehead atoms. The Bertz CT molecular complexity index is 599. The Kier molecular flexibility index (Phi) is 4.06. The van der Waals surface area contributed by atoms with E-state index in [4.69, 9.17) is 9.15 Å². The van der Waals surface area contributed by atoms with E-state index in [0.717, 1.165) is 19.6 Å². The number of hydrogen-bond donors (Lipinski definition) is 0. The van der Waals surface area contributed by atoms with E-state index in [9.17, 15) is 0 Å². The standard InChI is InChI=1S/C15H20N4O2/c1-3-18-8-9-19(13-7-5-4-6-12(13)18)10-14-16-17-15(21-14)11-20-2/h4-7H,3,8-11H2,1-2H3. The molecule has 112 valence electrons. The molecule has 1 aliphatic heterocycles. The number of benzene rings is 1. The Hall–Kier alpha value is -2.08. The van der Waals surface area contributed by atoms with Gasteiger partial charge in [0, 0.05) is 26.7 Å². The smallest absolute Gasteiger partial charge is 0.242 e. The summed E-state index contributed by atoms with van der Waals surface area (Å²) in [7, 11) is 1.62. The van der Waals surface area contributed by atoms with E-state index in [1.807, 2.05) is 0 Å². The molecule has 3 rings (SSSR count). The summed E-state index contributed by atoms with van der Waals surface area (Å²) in [6.45, 7) is 6.14. The van der Waals surface area contributed by atoms with Crippen LogP contribution in [0.5, 0.6) is 0 Å². The minimum atomic E-state index is 0.354. The van der Waals surface area contributed by atoms with Crippen LogP contribution in [0.15, 0.2) is 28.7 Å². The lowest BCUT2D eigenvalue weighted by molar-refractivity contribution is 0.158. The molecule has 0 aliphatic carbocycles. The molecule has 1 aromatic carbocycles. The second-order valence-corrected chi connectivity index (χ2v) is 5.01. The summed E-state index contributed by atoms with van der Waals surface area (Å²) in [5.41, 5.74) is 2.49. The highest BCUT2D eigenvalue weighted by Crippen LogP contribution is 2.33. The predicted octanol–water partition coefficient (Wildman–Crippen LogP) is 2.06. The predicted molar refractivity (Wildman–Crippen MR) is 80.4 cm³/mol. The molecule has 0 saturated heterocycles. The Morgan fingerprint density at radius 2 is 1.76 bits per heavy atom. The Labute approximate surface area is 124 Å². The van der Waals surface area contributed by atoms with Crippen molar-refractivity contribution in [3.05, 3.63) is 36.0 Å². The number of likely N-dealkylation sites (N-methyl/N-ethyl adjacent to an activating group) is 1. The number of rotatable bonds is 5. The summed E-state index contributed by atoms with van der Waals surface area (Å²) >= 11 is 0. The molecule has 0 amide bonds. The maximum Gasteiger partial charge on any atom is 0.242 e. The largest absolute Gasteiger partial charge is 0.421 e. The molecular weight excluding hydrogens is 268 g/mol. The number of nitrogens with zero attached hydrogens (tertiary/aromatic N) is 4. The van der Waals surface area contributed by atoms with Gasteiger partial charge in [0.05, 0.1) is 17.9 Å². The quantitative estimate of drug-likeness (QED) is 0.839. The maximum atomic E-state index is 5.59. The minimum absolute atomic E-state index is 0.354. The van der Waals surface area contributed by atoms with Gasteiger partial charge in [-0.05, 0) is 19.1 Å². The number of para-hydroxylation sites is 2. The molecule has 6 heteroatoms. The van der Waals surface area contributed by atoms with Crippen LogP contribution in [-0.2, 0) is 17.9 Å². The van der Waals surface area contributed by atoms with Crippen LogP contribution in [0, 0.1) is 0 Å². The number of anilines is 2. The third kappa shape index (κ3) is 2.85. The zero-order chi connectivity index (χ0) is 14.7. The number of fused-ring (bicyclic) bond motifs is 1. The molecule has 0 saturated carbocycles. The van der Waals surface area contributed by atoms with Crippen LogP contribution < -0.4 is 9.80 Å². The fourth-order valence-corrected chi connectivity index (χ4v) is 2.67. The molecule has 0 fully saturated rings. The van der Waals surface area contributed by atoms with Crippen LogP contribution >= 0.6 is 0 Å². The zero-order valence-corrected chi connectivity index (χ0v) is 12.5. The molecule has 6 nitrogen and oxygen atoms in total. The first-order chi connectivity index (χ1) is 10.3. The SMILES string of the molecule is CCN1CCN(Cc2nnc(COC)o2)c2ccccc21. The topological polar surface area (TPSA) is 54.6 Å². The van der Waals surface area contributed by atoms with Gasteiger partial charge in [0.15, 0.2) is 0 Å². The van der Waals surface area contributed by atoms with Gasteiger partial charge in [-0.2, -0.15) is 0 Å². The minimum Gasteiger partial charge on any atom is -0.421 e. The molecule has 0 radical (unpaired) electrons. The van der Waals surface area contributed by atoms with Crippen molar-refractivity contribution in [2.45, 2.75) is 20.1 Å². The van der Waals surface area contributed by atoms with E-state index in [1.165, 1.54) is 11.4 Å². The van der Waals surface area contributed by atoms with Gasteiger partial charge in [0.1, 0.15) is 6.61 Å². The second kappa shape index (κ2) is 6.13. The van der Waals surface area contributed by atoms with E-state index >= 15 is 0 Å². The van der Waals surface area contributed by atoms with Crippen LogP contribution in [0.4, 0.5) is 11.4 Å². The van der Waals surface area contributed by atoms with Gasteiger partial charge < -0.3 is 19.0 Å². The average molecular weight is 288 g/mol. The number of hydrogen-bond acceptors (Lipinski definition) is 6. The van der Waals surface area contributed by atoms with Crippen molar-refractivity contribution in [1.29, 1.82) is 0 Å². The van der Waals surface area contributed by atoms with E-state index in [-0.39, 0.29) is 0 Å². The van der Waals surface area contributed by atoms with Gasteiger partial charge in [-0.15, -0.1) is 10.2 Å². The lowest BCUT2D eigenvalue weighted by Gasteiger charge is -2.37. The summed E-state index contributed by atoms with van der Waals surface area (Å²) in [6.07, 6.45) is 0. The summed E-state index contributed by atoms with van der Waals surface area (Å²) in [5.74, 6) is 1.15. The lowest BCUT2D eigenvalue weighted by Crippen LogP contribution is -2.40. The maximum absolute atomic E-state index is 5.59. The van der Waals surface area contributed by atoms with E-state index < -0.39 is 0 Å². The highest BCUT2D eigenvalue weighted by molar-refractivity contribution is 5.73. The molecule has 2 aromatic rings. The summed E-state index contributed by atoms with van der Waals surface area (Å²) < 4.78 is 10.6. The summed E-state index contributed by atoms with van der Waals surface area (Å²) in [5, 5.41) is 8.07. The van der Waals surface area contributed by atoms with E-state index in [1.54, 1.807) is 7.11 Å². The Morgan fingerprint density at radius 3 is 2.48 bits per heavy atom. The molecular formula is C15H20N4O2. The zero-order valence-electron chi connectivity index (χ0n) is 12.5. The molecule has 0 atom stereocenters. The highest BCUT2D eigenvalue weighted by Gasteiger charge is 2.22. The fourth-order valence-electron chi connectivity index (χ4n) is 2.67. The molecule has 0 N–H and O–H groups in total. The van der Waals surface area contributed by atoms with Crippen molar-refractivity contribution in [1.82, 2.24) is 10.2 Å². The monoisotopic (exact) mass is 288 g/mol. The third-order valence-corrected chi connectivity index (χ3v) is 3.69. The van der Waals surface area contributed by atoms with Crippen molar-refractivity contribution in [3.63, 3.8) is 0 Å². The number of aromatic nitrogens is 2. The molecule has 0 unspecified atom stereocenters. The van der Waals surface area contributed by atoms with Crippen molar-refractivity contribution >= 4 is 11.4 Å². The lowest BCUT2D eigenvalue weighted by atomic mass is 10.1. The molecule has 1 aliphatic rings. The van der Waals surface area contributed by atoms with E-state index in [2.05, 4.69) is 51.2 Å². The number of ether oxygens (including phenoxy) is 1. The first-order valence-electron chi connectivity index (χ1n) is 7.21. The fraction of sp³-hybridized carbons (Fsp3) is 0.467. The molecule has 0 spiro atoms. The van der Waals surface area contributed by atoms with Gasteiger partial charge >= 0.3 is 0 Å². The van der Waals surface area contributed by atoms with Crippen LogP contribution in [0.1, 0.15) is 18.7 Å². The van der Waals surface area contributed by atoms with Crippen LogP contribution in [0.25, 0.3) is 0 Å². The molecule has 2 heterocycles. The normalized spacial score (nSPS) is 14.4. The Balaban J connectivity index is 1.79. The van der Waals surface area contributed by atoms with Crippen molar-refractivity contribution < 1.29 is 9.15 Å². The number of methoxy groups -OCH3 is 1. The van der Waals surface area contributed by atoms with E-state index in [0.29, 0.717) is 24.9 Å². The van der Waals surface area contributed by atoms with Gasteiger partial charge in [0.2, 0.25) is 11.8 Å². The Morgan fingerprint density at radius 1 is 1.10 bits per heavy atom. The molecule has 21 heavy (non-hydrogen) atoms.